The molecule has 2 amide bonds. The lowest BCUT2D eigenvalue weighted by Gasteiger charge is -2.42. The molecule has 6 N–H and O–H groups in total. The Kier molecular flexibility index (Phi) is 52.0. The van der Waals surface area contributed by atoms with Gasteiger partial charge in [-0.2, -0.15) is 0 Å². The highest BCUT2D eigenvalue weighted by atomic mass is 31.2. The maximum absolute atomic E-state index is 13.8. The molecule has 0 aliphatic carbocycles. The summed E-state index contributed by atoms with van der Waals surface area (Å²) in [7, 11) is -5.19. The number of ether oxygens (including phenoxy) is 4. The molecule has 0 bridgehead atoms. The van der Waals surface area contributed by atoms with Crippen molar-refractivity contribution in [3.63, 3.8) is 0 Å². The Morgan fingerprint density at radius 3 is 1.34 bits per heavy atom. The summed E-state index contributed by atoms with van der Waals surface area (Å²) in [5.74, 6) is -0.963. The maximum atomic E-state index is 13.8. The van der Waals surface area contributed by atoms with Crippen LogP contribution in [0.3, 0.4) is 0 Å². The summed E-state index contributed by atoms with van der Waals surface area (Å²) in [5.41, 5.74) is 0. The standard InChI is InChI=1S/C67H129N2O15P/c1-7-8-9-10-11-12-13-14-15-16-17-18-25-30-35-40-45-50-68-66(76)60(54-80-67-63(69-57(6)71)65(75)64(74)59(51-70)83-67)84-85(77,78)81-53-58(82-62(73)49-44-39-34-29-24-20-22-27-32-37-42-47-56(4)5)52-79-61(72)48-43-38-33-28-23-19-21-26-31-36-41-46-55(2)3/h55-56,58-60,63-65,67,70,74-75H,7-54H2,1-6H3,(H,68,76)(H,69,71)(H,77,78)/t58-,59-,60-,63-,64-,65-,67+/m1/s1. The molecule has 85 heavy (non-hydrogen) atoms. The maximum Gasteiger partial charge on any atom is 0.473 e. The van der Waals surface area contributed by atoms with Gasteiger partial charge < -0.3 is 49.8 Å². The fraction of sp³-hybridized carbons (Fsp3) is 0.940. The molecule has 18 heteroatoms. The van der Waals surface area contributed by atoms with Crippen LogP contribution in [0, 0.1) is 11.8 Å². The summed E-state index contributed by atoms with van der Waals surface area (Å²) < 4.78 is 47.3. The minimum Gasteiger partial charge on any atom is -0.462 e. The summed E-state index contributed by atoms with van der Waals surface area (Å²) in [6, 6.07) is -1.36. The number of amides is 2. The summed E-state index contributed by atoms with van der Waals surface area (Å²) in [6.07, 6.45) is 38.8. The van der Waals surface area contributed by atoms with Crippen LogP contribution < -0.4 is 10.6 Å². The normalized spacial score (nSPS) is 18.6. The van der Waals surface area contributed by atoms with E-state index in [1.165, 1.54) is 180 Å². The van der Waals surface area contributed by atoms with Gasteiger partial charge in [0.15, 0.2) is 18.5 Å². The van der Waals surface area contributed by atoms with E-state index in [1.54, 1.807) is 0 Å². The largest absolute Gasteiger partial charge is 0.473 e. The van der Waals surface area contributed by atoms with Gasteiger partial charge in [-0.05, 0) is 31.1 Å². The highest BCUT2D eigenvalue weighted by Crippen LogP contribution is 2.45. The number of aliphatic hydroxyl groups is 3. The third-order valence-corrected chi connectivity index (χ3v) is 17.3. The Labute approximate surface area is 517 Å². The summed E-state index contributed by atoms with van der Waals surface area (Å²) in [4.78, 5) is 63.2. The fourth-order valence-corrected chi connectivity index (χ4v) is 11.8. The zero-order chi connectivity index (χ0) is 62.6. The molecule has 0 saturated carbocycles. The molecule has 1 saturated heterocycles. The number of aliphatic hydroxyl groups excluding tert-OH is 3. The van der Waals surface area contributed by atoms with Crippen molar-refractivity contribution in [3.05, 3.63) is 0 Å². The van der Waals surface area contributed by atoms with Gasteiger partial charge in [0.05, 0.1) is 19.8 Å². The number of rotatable bonds is 60. The van der Waals surface area contributed by atoms with Crippen molar-refractivity contribution in [1.29, 1.82) is 0 Å². The molecule has 0 radical (unpaired) electrons. The molecule has 8 atom stereocenters. The molecule has 0 aromatic heterocycles. The van der Waals surface area contributed by atoms with Crippen LogP contribution in [0.15, 0.2) is 0 Å². The Hall–Kier alpha value is -2.21. The second-order valence-corrected chi connectivity index (χ2v) is 26.9. The number of phosphoric acid groups is 1. The molecule has 1 heterocycles. The molecule has 502 valence electrons. The van der Waals surface area contributed by atoms with Crippen molar-refractivity contribution in [2.75, 3.05) is 33.0 Å². The van der Waals surface area contributed by atoms with E-state index >= 15 is 0 Å². The minimum absolute atomic E-state index is 0.0943. The number of carbonyl (C=O) groups is 4. The first-order valence-corrected chi connectivity index (χ1v) is 36.3. The van der Waals surface area contributed by atoms with Gasteiger partial charge in [-0.1, -0.05) is 279 Å². The average molecular weight is 1230 g/mol. The molecule has 0 aromatic rings. The summed E-state index contributed by atoms with van der Waals surface area (Å²) >= 11 is 0. The lowest BCUT2D eigenvalue weighted by molar-refractivity contribution is -0.273. The zero-order valence-electron chi connectivity index (χ0n) is 54.9. The lowest BCUT2D eigenvalue weighted by Crippen LogP contribution is -2.64. The van der Waals surface area contributed by atoms with Crippen LogP contribution in [-0.4, -0.2) is 120 Å². The van der Waals surface area contributed by atoms with E-state index in [2.05, 4.69) is 45.3 Å². The highest BCUT2D eigenvalue weighted by Gasteiger charge is 2.46. The van der Waals surface area contributed by atoms with E-state index in [9.17, 15) is 44.0 Å². The molecule has 1 aliphatic heterocycles. The first-order chi connectivity index (χ1) is 41.0. The fourth-order valence-electron chi connectivity index (χ4n) is 10.9. The van der Waals surface area contributed by atoms with Gasteiger partial charge in [-0.15, -0.1) is 0 Å². The Morgan fingerprint density at radius 1 is 0.529 bits per heavy atom. The average Bonchev–Trinajstić information content (AvgIpc) is 3.42. The number of esters is 2. The van der Waals surface area contributed by atoms with Crippen LogP contribution in [0.4, 0.5) is 0 Å². The van der Waals surface area contributed by atoms with E-state index in [0.29, 0.717) is 19.3 Å². The van der Waals surface area contributed by atoms with Gasteiger partial charge in [-0.3, -0.25) is 28.2 Å². The van der Waals surface area contributed by atoms with Crippen molar-refractivity contribution in [2.24, 2.45) is 11.8 Å². The van der Waals surface area contributed by atoms with Crippen LogP contribution in [0.25, 0.3) is 0 Å². The molecular weight excluding hydrogens is 1100 g/mol. The second kappa shape index (κ2) is 54.7. The number of nitrogens with one attached hydrogen (secondary N) is 2. The van der Waals surface area contributed by atoms with Crippen LogP contribution in [0.2, 0.25) is 0 Å². The van der Waals surface area contributed by atoms with Crippen molar-refractivity contribution < 1.29 is 72.0 Å². The molecule has 0 aromatic carbocycles. The number of hydrogen-bond donors (Lipinski definition) is 6. The highest BCUT2D eigenvalue weighted by molar-refractivity contribution is 7.47. The van der Waals surface area contributed by atoms with Gasteiger partial charge >= 0.3 is 19.8 Å². The van der Waals surface area contributed by atoms with Crippen LogP contribution >= 0.6 is 7.82 Å². The molecule has 1 aliphatic rings. The SMILES string of the molecule is CCCCCCCCCCCCCCCCCCCNC(=O)[C@@H](CO[C@H]1O[C@H](CO)[C@@H](O)[C@H](O)[C@H]1NC(C)=O)OP(=O)(O)OC[C@@H](COC(=O)CCCCCCCCCCCCCC(C)C)OC(=O)CCCCCCCCCCCCCC(C)C. The lowest BCUT2D eigenvalue weighted by atomic mass is 9.97. The number of carbonyl (C=O) groups excluding carboxylic acids is 4. The molecule has 1 rings (SSSR count). The Bertz CT molecular complexity index is 1660. The first-order valence-electron chi connectivity index (χ1n) is 34.8. The molecule has 17 nitrogen and oxygen atoms in total. The van der Waals surface area contributed by atoms with E-state index in [-0.39, 0.29) is 19.4 Å². The van der Waals surface area contributed by atoms with E-state index in [1.807, 2.05) is 0 Å². The molecule has 1 unspecified atom stereocenters. The second-order valence-electron chi connectivity index (χ2n) is 25.5. The van der Waals surface area contributed by atoms with Crippen molar-refractivity contribution in [1.82, 2.24) is 10.6 Å². The predicted octanol–water partition coefficient (Wildman–Crippen LogP) is 15.1. The van der Waals surface area contributed by atoms with Gasteiger partial charge in [-0.25, -0.2) is 4.57 Å². The topological polar surface area (TPSA) is 246 Å². The monoisotopic (exact) mass is 1230 g/mol. The van der Waals surface area contributed by atoms with Gasteiger partial charge in [0.25, 0.3) is 5.91 Å². The zero-order valence-corrected chi connectivity index (χ0v) is 55.8. The van der Waals surface area contributed by atoms with E-state index in [4.69, 9.17) is 28.0 Å². The third kappa shape index (κ3) is 47.4. The smallest absolute Gasteiger partial charge is 0.462 e. The Morgan fingerprint density at radius 2 is 0.929 bits per heavy atom. The number of unbranched alkanes of at least 4 members (excludes halogenated alkanes) is 36. The summed E-state index contributed by atoms with van der Waals surface area (Å²) in [5, 5.41) is 36.5. The van der Waals surface area contributed by atoms with Gasteiger partial charge in [0.2, 0.25) is 5.91 Å². The Balaban J connectivity index is 2.89. The quantitative estimate of drug-likeness (QED) is 0.0188. The van der Waals surface area contributed by atoms with Crippen LogP contribution in [0.1, 0.15) is 318 Å². The third-order valence-electron chi connectivity index (χ3n) is 16.3. The van der Waals surface area contributed by atoms with Crippen molar-refractivity contribution >= 4 is 31.6 Å². The van der Waals surface area contributed by atoms with Crippen molar-refractivity contribution in [3.8, 4) is 0 Å². The van der Waals surface area contributed by atoms with Crippen molar-refractivity contribution in [2.45, 2.75) is 360 Å². The van der Waals surface area contributed by atoms with Gasteiger partial charge in [0, 0.05) is 26.3 Å². The molecule has 1 fully saturated rings. The summed E-state index contributed by atoms with van der Waals surface area (Å²) in [6.45, 7) is 10.1. The van der Waals surface area contributed by atoms with E-state index < -0.39 is 101 Å². The first kappa shape index (κ1) is 80.8. The van der Waals surface area contributed by atoms with E-state index in [0.717, 1.165) is 82.5 Å². The minimum atomic E-state index is -5.19. The number of hydrogen-bond acceptors (Lipinski definition) is 14. The van der Waals surface area contributed by atoms with Gasteiger partial charge in [0.1, 0.15) is 31.0 Å². The number of phosphoric ester groups is 1. The predicted molar refractivity (Wildman–Crippen MR) is 340 cm³/mol. The van der Waals surface area contributed by atoms with Crippen LogP contribution in [-0.2, 0) is 51.7 Å². The molecule has 0 spiro atoms. The van der Waals surface area contributed by atoms with Crippen LogP contribution in [0.5, 0.6) is 0 Å². The molecular formula is C67H129N2O15P.